The predicted octanol–water partition coefficient (Wildman–Crippen LogP) is 4.28. The molecule has 0 saturated heterocycles. The Morgan fingerprint density at radius 1 is 1.17 bits per heavy atom. The van der Waals surface area contributed by atoms with E-state index < -0.39 is 23.5 Å². The highest BCUT2D eigenvalue weighted by Gasteiger charge is 2.14. The van der Waals surface area contributed by atoms with E-state index in [0.29, 0.717) is 17.2 Å². The van der Waals surface area contributed by atoms with E-state index in [9.17, 15) is 18.0 Å². The number of carbonyl (C=O) groups excluding carboxylic acids is 1. The monoisotopic (exact) mass is 404 g/mol. The number of halogens is 3. The van der Waals surface area contributed by atoms with Crippen molar-refractivity contribution < 1.29 is 27.1 Å². The van der Waals surface area contributed by atoms with E-state index in [2.05, 4.69) is 10.3 Å². The molecule has 1 heterocycles. The maximum atomic E-state index is 13.8. The summed E-state index contributed by atoms with van der Waals surface area (Å²) in [4.78, 5) is 16.1. The molecule has 0 bridgehead atoms. The van der Waals surface area contributed by atoms with Gasteiger partial charge in [-0.3, -0.25) is 4.79 Å². The van der Waals surface area contributed by atoms with Gasteiger partial charge in [0.15, 0.2) is 23.2 Å². The van der Waals surface area contributed by atoms with Gasteiger partial charge >= 0.3 is 0 Å². The van der Waals surface area contributed by atoms with Gasteiger partial charge in [0.25, 0.3) is 0 Å². The number of aryl methyl sites for hydroxylation is 1. The van der Waals surface area contributed by atoms with E-state index in [-0.39, 0.29) is 31.1 Å². The van der Waals surface area contributed by atoms with Crippen LogP contribution in [-0.4, -0.2) is 23.5 Å². The molecule has 0 spiro atoms. The van der Waals surface area contributed by atoms with Crippen molar-refractivity contribution in [1.29, 1.82) is 0 Å². The average Bonchev–Trinajstić information content (AvgIpc) is 3.15. The van der Waals surface area contributed by atoms with E-state index in [1.165, 1.54) is 18.3 Å². The van der Waals surface area contributed by atoms with E-state index in [4.69, 9.17) is 9.15 Å². The first-order valence-corrected chi connectivity index (χ1v) is 8.99. The topological polar surface area (TPSA) is 64.4 Å². The number of carbonyl (C=O) groups is 1. The van der Waals surface area contributed by atoms with Crippen LogP contribution in [0, 0.1) is 17.5 Å². The highest BCUT2D eigenvalue weighted by atomic mass is 19.1. The summed E-state index contributed by atoms with van der Waals surface area (Å²) in [7, 11) is 0. The number of nitrogens with zero attached hydrogens (tertiary/aromatic N) is 1. The highest BCUT2D eigenvalue weighted by molar-refractivity contribution is 5.76. The molecule has 152 valence electrons. The zero-order valence-corrected chi connectivity index (χ0v) is 15.6. The van der Waals surface area contributed by atoms with Crippen LogP contribution in [0.4, 0.5) is 13.2 Å². The van der Waals surface area contributed by atoms with Gasteiger partial charge < -0.3 is 14.5 Å². The summed E-state index contributed by atoms with van der Waals surface area (Å²) in [5, 5.41) is 2.71. The van der Waals surface area contributed by atoms with Crippen molar-refractivity contribution in [3.05, 3.63) is 72.0 Å². The normalized spacial score (nSPS) is 11.9. The van der Waals surface area contributed by atoms with Crippen molar-refractivity contribution in [1.82, 2.24) is 10.3 Å². The molecule has 3 aromatic rings. The van der Waals surface area contributed by atoms with Crippen molar-refractivity contribution in [2.24, 2.45) is 0 Å². The first-order valence-electron chi connectivity index (χ1n) is 8.99. The Hall–Kier alpha value is -3.29. The van der Waals surface area contributed by atoms with Crippen LogP contribution < -0.4 is 10.1 Å². The second kappa shape index (κ2) is 9.27. The summed E-state index contributed by atoms with van der Waals surface area (Å²) in [6, 6.07) is 8.79. The third kappa shape index (κ3) is 5.60. The quantitative estimate of drug-likeness (QED) is 0.609. The van der Waals surface area contributed by atoms with Crippen molar-refractivity contribution in [3.8, 4) is 17.1 Å². The Labute approximate surface area is 165 Å². The van der Waals surface area contributed by atoms with E-state index in [1.54, 1.807) is 25.1 Å². The number of benzene rings is 2. The lowest BCUT2D eigenvalue weighted by Gasteiger charge is -2.15. The molecule has 1 N–H and O–H groups in total. The molecule has 0 radical (unpaired) electrons. The number of ether oxygens (including phenoxy) is 1. The number of amides is 1. The molecule has 3 rings (SSSR count). The van der Waals surface area contributed by atoms with E-state index >= 15 is 0 Å². The van der Waals surface area contributed by atoms with Gasteiger partial charge in [0.05, 0.1) is 17.8 Å². The molecule has 0 fully saturated rings. The van der Waals surface area contributed by atoms with Crippen LogP contribution >= 0.6 is 0 Å². The molecular formula is C21H19F3N2O3. The minimum Gasteiger partial charge on any atom is -0.488 e. The fraction of sp³-hybridized carbons (Fsp3) is 0.238. The minimum absolute atomic E-state index is 0.0186. The molecule has 29 heavy (non-hydrogen) atoms. The van der Waals surface area contributed by atoms with Gasteiger partial charge in [0.1, 0.15) is 18.2 Å². The highest BCUT2D eigenvalue weighted by Crippen LogP contribution is 2.23. The molecular weight excluding hydrogens is 385 g/mol. The second-order valence-electron chi connectivity index (χ2n) is 6.45. The molecule has 1 atom stereocenters. The molecule has 1 amide bonds. The summed E-state index contributed by atoms with van der Waals surface area (Å²) in [5.41, 5.74) is 0.300. The zero-order valence-electron chi connectivity index (χ0n) is 15.6. The Morgan fingerprint density at radius 2 is 1.97 bits per heavy atom. The van der Waals surface area contributed by atoms with Crippen molar-refractivity contribution in [3.63, 3.8) is 0 Å². The minimum atomic E-state index is -0.807. The maximum absolute atomic E-state index is 13.8. The molecule has 0 aliphatic heterocycles. The number of aromatic nitrogens is 1. The van der Waals surface area contributed by atoms with Gasteiger partial charge in [0, 0.05) is 18.9 Å². The lowest BCUT2D eigenvalue weighted by molar-refractivity contribution is -0.121. The summed E-state index contributed by atoms with van der Waals surface area (Å²) >= 11 is 0. The molecule has 8 heteroatoms. The SMILES string of the molecule is CC(COc1ccc(F)cc1F)NC(=O)CCc1ncc(-c2ccccc2F)o1. The number of nitrogens with one attached hydrogen (secondary N) is 1. The Balaban J connectivity index is 1.45. The van der Waals surface area contributed by atoms with E-state index in [0.717, 1.165) is 12.1 Å². The first kappa shape index (κ1) is 20.4. The second-order valence-corrected chi connectivity index (χ2v) is 6.45. The summed E-state index contributed by atoms with van der Waals surface area (Å²) in [6.45, 7) is 1.71. The lowest BCUT2D eigenvalue weighted by Crippen LogP contribution is -2.37. The van der Waals surface area contributed by atoms with Crippen LogP contribution in [0.25, 0.3) is 11.3 Å². The molecule has 0 aliphatic carbocycles. The standard InChI is InChI=1S/C21H19F3N2O3/c1-13(12-28-18-7-6-14(22)10-17(18)24)26-20(27)8-9-21-25-11-19(29-21)15-4-2-3-5-16(15)23/h2-7,10-11,13H,8-9,12H2,1H3,(H,26,27). The zero-order chi connectivity index (χ0) is 20.8. The number of hydrogen-bond donors (Lipinski definition) is 1. The average molecular weight is 404 g/mol. The van der Waals surface area contributed by atoms with Crippen LogP contribution in [-0.2, 0) is 11.2 Å². The lowest BCUT2D eigenvalue weighted by atomic mass is 10.2. The van der Waals surface area contributed by atoms with Gasteiger partial charge in [0.2, 0.25) is 5.91 Å². The van der Waals surface area contributed by atoms with Gasteiger partial charge in [-0.2, -0.15) is 0 Å². The third-order valence-corrected chi connectivity index (χ3v) is 4.05. The molecule has 1 aromatic heterocycles. The Morgan fingerprint density at radius 3 is 2.72 bits per heavy atom. The van der Waals surface area contributed by atoms with Gasteiger partial charge in [-0.1, -0.05) is 12.1 Å². The van der Waals surface area contributed by atoms with Crippen LogP contribution in [0.5, 0.6) is 5.75 Å². The Bertz CT molecular complexity index is 991. The molecule has 1 unspecified atom stereocenters. The molecule has 0 aliphatic rings. The molecule has 5 nitrogen and oxygen atoms in total. The fourth-order valence-electron chi connectivity index (χ4n) is 2.63. The van der Waals surface area contributed by atoms with Crippen LogP contribution in [0.2, 0.25) is 0 Å². The predicted molar refractivity (Wildman–Crippen MR) is 99.7 cm³/mol. The third-order valence-electron chi connectivity index (χ3n) is 4.05. The number of rotatable bonds is 8. The van der Waals surface area contributed by atoms with Gasteiger partial charge in [-0.25, -0.2) is 18.2 Å². The summed E-state index contributed by atoms with van der Waals surface area (Å²) < 4.78 is 50.9. The molecule has 0 saturated carbocycles. The van der Waals surface area contributed by atoms with Gasteiger partial charge in [-0.15, -0.1) is 0 Å². The Kier molecular flexibility index (Phi) is 6.54. The van der Waals surface area contributed by atoms with Crippen molar-refractivity contribution in [2.75, 3.05) is 6.61 Å². The largest absolute Gasteiger partial charge is 0.488 e. The first-order chi connectivity index (χ1) is 13.9. The summed E-state index contributed by atoms with van der Waals surface area (Å²) in [5.74, 6) is -1.67. The smallest absolute Gasteiger partial charge is 0.220 e. The van der Waals surface area contributed by atoms with Crippen molar-refractivity contribution >= 4 is 5.91 Å². The fourth-order valence-corrected chi connectivity index (χ4v) is 2.63. The van der Waals surface area contributed by atoms with E-state index in [1.807, 2.05) is 0 Å². The number of oxazole rings is 1. The summed E-state index contributed by atoms with van der Waals surface area (Å²) in [6.07, 6.45) is 1.76. The van der Waals surface area contributed by atoms with Crippen LogP contribution in [0.1, 0.15) is 19.2 Å². The van der Waals surface area contributed by atoms with Crippen LogP contribution in [0.3, 0.4) is 0 Å². The van der Waals surface area contributed by atoms with Gasteiger partial charge in [-0.05, 0) is 31.2 Å². The van der Waals surface area contributed by atoms with Crippen molar-refractivity contribution in [2.45, 2.75) is 25.8 Å². The number of hydrogen-bond acceptors (Lipinski definition) is 4. The molecule has 2 aromatic carbocycles. The van der Waals surface area contributed by atoms with Crippen LogP contribution in [0.15, 0.2) is 53.1 Å². The maximum Gasteiger partial charge on any atom is 0.220 e.